The van der Waals surface area contributed by atoms with E-state index in [0.29, 0.717) is 5.56 Å². The molecule has 1 aromatic carbocycles. The largest absolute Gasteiger partial charge is 0.248 e. The Balaban J connectivity index is 2.34. The molecule has 2 nitrogen and oxygen atoms in total. The van der Waals surface area contributed by atoms with Gasteiger partial charge in [-0.3, -0.25) is 0 Å². The molecule has 1 heterocycles. The van der Waals surface area contributed by atoms with E-state index >= 15 is 0 Å². The molecule has 0 saturated carbocycles. The highest BCUT2D eigenvalue weighted by Gasteiger charge is 2.08. The SMILES string of the molecule is N#Cc1c(Br)cccc1Sc1ccc(Br)cn1. The van der Waals surface area contributed by atoms with Crippen LogP contribution in [0.15, 0.2) is 55.4 Å². The average Bonchev–Trinajstić information content (AvgIpc) is 2.32. The lowest BCUT2D eigenvalue weighted by molar-refractivity contribution is 1.12. The van der Waals surface area contributed by atoms with E-state index in [1.807, 2.05) is 30.3 Å². The van der Waals surface area contributed by atoms with Gasteiger partial charge in [-0.15, -0.1) is 0 Å². The van der Waals surface area contributed by atoms with Crippen LogP contribution in [0, 0.1) is 11.3 Å². The molecular weight excluding hydrogens is 364 g/mol. The van der Waals surface area contributed by atoms with E-state index in [9.17, 15) is 0 Å². The highest BCUT2D eigenvalue weighted by molar-refractivity contribution is 9.10. The smallest absolute Gasteiger partial charge is 0.102 e. The maximum Gasteiger partial charge on any atom is 0.102 e. The van der Waals surface area contributed by atoms with Crippen molar-refractivity contribution in [2.24, 2.45) is 0 Å². The van der Waals surface area contributed by atoms with Crippen molar-refractivity contribution in [2.45, 2.75) is 9.92 Å². The molecule has 0 N–H and O–H groups in total. The summed E-state index contributed by atoms with van der Waals surface area (Å²) < 4.78 is 1.75. The molecule has 0 aliphatic heterocycles. The van der Waals surface area contributed by atoms with Gasteiger partial charge in [-0.05, 0) is 56.1 Å². The summed E-state index contributed by atoms with van der Waals surface area (Å²) >= 11 is 8.18. The Morgan fingerprint density at radius 2 is 2.00 bits per heavy atom. The number of nitrogens with zero attached hydrogens (tertiary/aromatic N) is 2. The molecule has 5 heteroatoms. The monoisotopic (exact) mass is 368 g/mol. The summed E-state index contributed by atoms with van der Waals surface area (Å²) in [6.45, 7) is 0. The van der Waals surface area contributed by atoms with Gasteiger partial charge in [-0.1, -0.05) is 17.8 Å². The van der Waals surface area contributed by atoms with Gasteiger partial charge in [0.25, 0.3) is 0 Å². The van der Waals surface area contributed by atoms with Crippen LogP contribution in [-0.2, 0) is 0 Å². The summed E-state index contributed by atoms with van der Waals surface area (Å²) in [6, 6.07) is 11.7. The van der Waals surface area contributed by atoms with Crippen molar-refractivity contribution in [1.82, 2.24) is 4.98 Å². The topological polar surface area (TPSA) is 36.7 Å². The van der Waals surface area contributed by atoms with Crippen molar-refractivity contribution in [1.29, 1.82) is 5.26 Å². The number of nitriles is 1. The molecule has 2 rings (SSSR count). The van der Waals surface area contributed by atoms with Crippen molar-refractivity contribution < 1.29 is 0 Å². The van der Waals surface area contributed by atoms with Gasteiger partial charge in [-0.2, -0.15) is 5.26 Å². The van der Waals surface area contributed by atoms with Crippen molar-refractivity contribution in [3.05, 3.63) is 51.0 Å². The number of hydrogen-bond acceptors (Lipinski definition) is 3. The van der Waals surface area contributed by atoms with Crippen LogP contribution in [-0.4, -0.2) is 4.98 Å². The quantitative estimate of drug-likeness (QED) is 0.774. The molecule has 0 amide bonds. The Morgan fingerprint density at radius 3 is 2.65 bits per heavy atom. The minimum atomic E-state index is 0.641. The van der Waals surface area contributed by atoms with Gasteiger partial charge in [0.2, 0.25) is 0 Å². The van der Waals surface area contributed by atoms with E-state index in [1.54, 1.807) is 6.20 Å². The lowest BCUT2D eigenvalue weighted by Crippen LogP contribution is -1.84. The molecule has 0 radical (unpaired) electrons. The summed E-state index contributed by atoms with van der Waals surface area (Å²) in [7, 11) is 0. The Morgan fingerprint density at radius 1 is 1.18 bits per heavy atom. The Kier molecular flexibility index (Phi) is 4.21. The molecule has 0 saturated heterocycles. The van der Waals surface area contributed by atoms with Gasteiger partial charge in [0.05, 0.1) is 5.56 Å². The van der Waals surface area contributed by atoms with E-state index < -0.39 is 0 Å². The van der Waals surface area contributed by atoms with Crippen LogP contribution in [0.1, 0.15) is 5.56 Å². The molecule has 2 aromatic rings. The van der Waals surface area contributed by atoms with Crippen LogP contribution in [0.4, 0.5) is 0 Å². The lowest BCUT2D eigenvalue weighted by Gasteiger charge is -2.04. The number of benzene rings is 1. The van der Waals surface area contributed by atoms with E-state index in [2.05, 4.69) is 42.9 Å². The first-order valence-electron chi connectivity index (χ1n) is 4.69. The van der Waals surface area contributed by atoms with Gasteiger partial charge < -0.3 is 0 Å². The van der Waals surface area contributed by atoms with E-state index in [0.717, 1.165) is 18.9 Å². The summed E-state index contributed by atoms with van der Waals surface area (Å²) in [5.74, 6) is 0. The molecule has 84 valence electrons. The first-order valence-corrected chi connectivity index (χ1v) is 7.09. The van der Waals surface area contributed by atoms with Crippen LogP contribution in [0.2, 0.25) is 0 Å². The molecule has 0 aliphatic carbocycles. The number of rotatable bonds is 2. The minimum Gasteiger partial charge on any atom is -0.248 e. The Labute approximate surface area is 120 Å². The maximum atomic E-state index is 9.10. The second kappa shape index (κ2) is 5.67. The predicted molar refractivity (Wildman–Crippen MR) is 74.9 cm³/mol. The van der Waals surface area contributed by atoms with E-state index in [-0.39, 0.29) is 0 Å². The van der Waals surface area contributed by atoms with Crippen LogP contribution in [0.25, 0.3) is 0 Å². The van der Waals surface area contributed by atoms with E-state index in [1.165, 1.54) is 11.8 Å². The van der Waals surface area contributed by atoms with Gasteiger partial charge in [0.15, 0.2) is 0 Å². The normalized spacial score (nSPS) is 9.94. The highest BCUT2D eigenvalue weighted by atomic mass is 79.9. The first-order chi connectivity index (χ1) is 8.20. The van der Waals surface area contributed by atoms with Crippen LogP contribution < -0.4 is 0 Å². The number of aromatic nitrogens is 1. The molecule has 0 spiro atoms. The maximum absolute atomic E-state index is 9.10. The fourth-order valence-electron chi connectivity index (χ4n) is 1.23. The third-order valence-electron chi connectivity index (χ3n) is 2.00. The number of pyridine rings is 1. The zero-order valence-corrected chi connectivity index (χ0v) is 12.5. The summed E-state index contributed by atoms with van der Waals surface area (Å²) in [5, 5.41) is 9.96. The molecule has 1 aromatic heterocycles. The zero-order valence-electron chi connectivity index (χ0n) is 8.52. The Hall–Kier alpha value is -0.830. The third kappa shape index (κ3) is 3.09. The van der Waals surface area contributed by atoms with Gasteiger partial charge in [-0.25, -0.2) is 4.98 Å². The number of hydrogen-bond donors (Lipinski definition) is 0. The second-order valence-electron chi connectivity index (χ2n) is 3.14. The summed E-state index contributed by atoms with van der Waals surface area (Å²) in [4.78, 5) is 5.17. The standard InChI is InChI=1S/C12H6Br2N2S/c13-8-4-5-12(16-7-8)17-11-3-1-2-10(14)9(11)6-15/h1-5,7H. The molecule has 0 atom stereocenters. The fraction of sp³-hybridized carbons (Fsp3) is 0. The average molecular weight is 370 g/mol. The number of halogens is 2. The van der Waals surface area contributed by atoms with Gasteiger partial charge >= 0.3 is 0 Å². The molecule has 0 aliphatic rings. The van der Waals surface area contributed by atoms with Crippen molar-refractivity contribution >= 4 is 43.6 Å². The highest BCUT2D eigenvalue weighted by Crippen LogP contribution is 2.32. The molecule has 0 bridgehead atoms. The van der Waals surface area contributed by atoms with Crippen molar-refractivity contribution in [2.75, 3.05) is 0 Å². The molecule has 0 fully saturated rings. The summed E-state index contributed by atoms with van der Waals surface area (Å²) in [6.07, 6.45) is 1.74. The van der Waals surface area contributed by atoms with Gasteiger partial charge in [0, 0.05) is 20.0 Å². The van der Waals surface area contributed by atoms with Crippen LogP contribution >= 0.6 is 43.6 Å². The fourth-order valence-corrected chi connectivity index (χ4v) is 2.92. The van der Waals surface area contributed by atoms with Crippen LogP contribution in [0.5, 0.6) is 0 Å². The molecule has 17 heavy (non-hydrogen) atoms. The molecule has 0 unspecified atom stereocenters. The predicted octanol–water partition coefficient (Wildman–Crippen LogP) is 4.63. The second-order valence-corrected chi connectivity index (χ2v) is 5.97. The lowest BCUT2D eigenvalue weighted by atomic mass is 10.2. The zero-order chi connectivity index (χ0) is 12.3. The van der Waals surface area contributed by atoms with Crippen molar-refractivity contribution in [3.8, 4) is 6.07 Å². The first kappa shape index (κ1) is 12.6. The summed E-state index contributed by atoms with van der Waals surface area (Å²) in [5.41, 5.74) is 0.641. The molecular formula is C12H6Br2N2S. The third-order valence-corrected chi connectivity index (χ3v) is 4.14. The van der Waals surface area contributed by atoms with Crippen molar-refractivity contribution in [3.63, 3.8) is 0 Å². The van der Waals surface area contributed by atoms with E-state index in [4.69, 9.17) is 5.26 Å². The minimum absolute atomic E-state index is 0.641. The van der Waals surface area contributed by atoms with Gasteiger partial charge in [0.1, 0.15) is 11.1 Å². The van der Waals surface area contributed by atoms with Crippen LogP contribution in [0.3, 0.4) is 0 Å². The Bertz CT molecular complexity index is 576.